The fraction of sp³-hybridized carbons (Fsp3) is 0.474. The molecule has 0 spiro atoms. The molecule has 1 aromatic rings. The molecule has 27 heavy (non-hydrogen) atoms. The Bertz CT molecular complexity index is 720. The number of halogens is 1. The molecule has 1 saturated carbocycles. The molecular formula is C19H24FN3O4. The Kier molecular flexibility index (Phi) is 7.04. The van der Waals surface area contributed by atoms with Gasteiger partial charge in [0.1, 0.15) is 23.7 Å². The Labute approximate surface area is 156 Å². The van der Waals surface area contributed by atoms with Crippen molar-refractivity contribution >= 4 is 23.5 Å². The predicted molar refractivity (Wildman–Crippen MR) is 95.8 cm³/mol. The SMILES string of the molecule is CC(=O)N[C@@H](Cc1ccc(F)cc1)C(=O)N[C@H](C(N)=O)[C@@H]1CCCC(=O)C1. The molecular weight excluding hydrogens is 353 g/mol. The molecule has 0 unspecified atom stereocenters. The molecule has 3 amide bonds. The summed E-state index contributed by atoms with van der Waals surface area (Å²) in [5, 5.41) is 5.12. The molecule has 1 fully saturated rings. The van der Waals surface area contributed by atoms with Gasteiger partial charge in [0.15, 0.2) is 0 Å². The molecule has 0 bridgehead atoms. The fourth-order valence-corrected chi connectivity index (χ4v) is 3.33. The molecule has 0 aliphatic heterocycles. The molecule has 1 aliphatic rings. The summed E-state index contributed by atoms with van der Waals surface area (Å²) in [7, 11) is 0. The van der Waals surface area contributed by atoms with Crippen LogP contribution in [0.5, 0.6) is 0 Å². The van der Waals surface area contributed by atoms with Crippen LogP contribution in [0.4, 0.5) is 4.39 Å². The van der Waals surface area contributed by atoms with Gasteiger partial charge < -0.3 is 16.4 Å². The van der Waals surface area contributed by atoms with Gasteiger partial charge in [0, 0.05) is 26.2 Å². The Hall–Kier alpha value is -2.77. The van der Waals surface area contributed by atoms with Crippen LogP contribution in [0.15, 0.2) is 24.3 Å². The molecule has 1 aliphatic carbocycles. The summed E-state index contributed by atoms with van der Waals surface area (Å²) < 4.78 is 13.1. The van der Waals surface area contributed by atoms with E-state index in [4.69, 9.17) is 5.73 Å². The number of ketones is 1. The molecule has 8 heteroatoms. The lowest BCUT2D eigenvalue weighted by molar-refractivity contribution is -0.132. The van der Waals surface area contributed by atoms with Crippen LogP contribution < -0.4 is 16.4 Å². The van der Waals surface area contributed by atoms with E-state index in [1.54, 1.807) is 0 Å². The van der Waals surface area contributed by atoms with Crippen LogP contribution in [-0.4, -0.2) is 35.6 Å². The van der Waals surface area contributed by atoms with E-state index < -0.39 is 35.6 Å². The summed E-state index contributed by atoms with van der Waals surface area (Å²) in [6, 6.07) is 3.63. The molecule has 0 heterocycles. The van der Waals surface area contributed by atoms with Crippen LogP contribution in [0, 0.1) is 11.7 Å². The number of Topliss-reactive ketones (excluding diaryl/α,β-unsaturated/α-hetero) is 1. The summed E-state index contributed by atoms with van der Waals surface area (Å²) in [5.41, 5.74) is 6.08. The van der Waals surface area contributed by atoms with E-state index in [2.05, 4.69) is 10.6 Å². The zero-order chi connectivity index (χ0) is 20.0. The Morgan fingerprint density at radius 1 is 1.22 bits per heavy atom. The first-order chi connectivity index (χ1) is 12.8. The summed E-state index contributed by atoms with van der Waals surface area (Å²) in [6.45, 7) is 1.27. The van der Waals surface area contributed by atoms with Crippen molar-refractivity contribution in [2.45, 2.75) is 51.1 Å². The standard InChI is InChI=1S/C19H24FN3O4/c1-11(24)22-16(9-12-5-7-14(20)8-6-12)19(27)23-17(18(21)26)13-3-2-4-15(25)10-13/h5-8,13,16-17H,2-4,9-10H2,1H3,(H2,21,26)(H,22,24)(H,23,27)/t13-,16+,17+/m1/s1. The van der Waals surface area contributed by atoms with E-state index >= 15 is 0 Å². The van der Waals surface area contributed by atoms with Gasteiger partial charge in [-0.3, -0.25) is 19.2 Å². The average Bonchev–Trinajstić information content (AvgIpc) is 2.60. The van der Waals surface area contributed by atoms with Gasteiger partial charge in [-0.25, -0.2) is 4.39 Å². The van der Waals surface area contributed by atoms with Crippen molar-refractivity contribution in [1.82, 2.24) is 10.6 Å². The van der Waals surface area contributed by atoms with Crippen molar-refractivity contribution in [2.75, 3.05) is 0 Å². The first kappa shape index (κ1) is 20.5. The van der Waals surface area contributed by atoms with Gasteiger partial charge in [0.05, 0.1) is 0 Å². The number of rotatable bonds is 7. The number of hydrogen-bond acceptors (Lipinski definition) is 4. The zero-order valence-electron chi connectivity index (χ0n) is 15.2. The van der Waals surface area contributed by atoms with Gasteiger partial charge in [0.25, 0.3) is 0 Å². The fourth-order valence-electron chi connectivity index (χ4n) is 3.33. The molecule has 0 saturated heterocycles. The summed E-state index contributed by atoms with van der Waals surface area (Å²) in [6.07, 6.45) is 2.04. The number of hydrogen-bond donors (Lipinski definition) is 3. The maximum atomic E-state index is 13.1. The van der Waals surface area contributed by atoms with Crippen LogP contribution in [0.1, 0.15) is 38.2 Å². The largest absolute Gasteiger partial charge is 0.368 e. The third kappa shape index (κ3) is 6.16. The lowest BCUT2D eigenvalue weighted by atomic mass is 9.82. The molecule has 7 nitrogen and oxygen atoms in total. The molecule has 3 atom stereocenters. The van der Waals surface area contributed by atoms with E-state index in [1.165, 1.54) is 31.2 Å². The van der Waals surface area contributed by atoms with E-state index in [1.807, 2.05) is 0 Å². The normalized spacial score (nSPS) is 19.0. The maximum absolute atomic E-state index is 13.1. The van der Waals surface area contributed by atoms with Crippen molar-refractivity contribution in [1.29, 1.82) is 0 Å². The number of primary amides is 1. The third-order valence-corrected chi connectivity index (χ3v) is 4.64. The number of carbonyl (C=O) groups is 4. The summed E-state index contributed by atoms with van der Waals surface area (Å²) in [5.74, 6) is -2.42. The Balaban J connectivity index is 2.12. The van der Waals surface area contributed by atoms with Crippen LogP contribution in [0.25, 0.3) is 0 Å². The van der Waals surface area contributed by atoms with Crippen LogP contribution in [0.2, 0.25) is 0 Å². The molecule has 4 N–H and O–H groups in total. The lowest BCUT2D eigenvalue weighted by Crippen LogP contribution is -2.56. The minimum atomic E-state index is -0.980. The highest BCUT2D eigenvalue weighted by molar-refractivity contribution is 5.92. The Morgan fingerprint density at radius 2 is 1.89 bits per heavy atom. The van der Waals surface area contributed by atoms with Crippen LogP contribution in [-0.2, 0) is 25.6 Å². The first-order valence-corrected chi connectivity index (χ1v) is 8.89. The first-order valence-electron chi connectivity index (χ1n) is 8.89. The van der Waals surface area contributed by atoms with Gasteiger partial charge >= 0.3 is 0 Å². The molecule has 1 aromatic carbocycles. The zero-order valence-corrected chi connectivity index (χ0v) is 15.2. The molecule has 0 aromatic heterocycles. The quantitative estimate of drug-likeness (QED) is 0.645. The predicted octanol–water partition coefficient (Wildman–Crippen LogP) is 0.602. The summed E-state index contributed by atoms with van der Waals surface area (Å²) >= 11 is 0. The van der Waals surface area contributed by atoms with Crippen molar-refractivity contribution in [3.05, 3.63) is 35.6 Å². The van der Waals surface area contributed by atoms with Crippen LogP contribution in [0.3, 0.4) is 0 Å². The number of amides is 3. The number of benzene rings is 1. The van der Waals surface area contributed by atoms with Crippen molar-refractivity contribution in [3.8, 4) is 0 Å². The van der Waals surface area contributed by atoms with Gasteiger partial charge in [-0.05, 0) is 36.5 Å². The van der Waals surface area contributed by atoms with Gasteiger partial charge in [-0.15, -0.1) is 0 Å². The smallest absolute Gasteiger partial charge is 0.243 e. The number of nitrogens with one attached hydrogen (secondary N) is 2. The number of nitrogens with two attached hydrogens (primary N) is 1. The van der Waals surface area contributed by atoms with Crippen LogP contribution >= 0.6 is 0 Å². The minimum Gasteiger partial charge on any atom is -0.368 e. The second-order valence-corrected chi connectivity index (χ2v) is 6.87. The highest BCUT2D eigenvalue weighted by Crippen LogP contribution is 2.24. The minimum absolute atomic E-state index is 0.0384. The monoisotopic (exact) mass is 377 g/mol. The molecule has 0 radical (unpaired) electrons. The highest BCUT2D eigenvalue weighted by atomic mass is 19.1. The van der Waals surface area contributed by atoms with Gasteiger partial charge in [-0.2, -0.15) is 0 Å². The van der Waals surface area contributed by atoms with Crippen molar-refractivity contribution < 1.29 is 23.6 Å². The summed E-state index contributed by atoms with van der Waals surface area (Å²) in [4.78, 5) is 47.7. The Morgan fingerprint density at radius 3 is 2.44 bits per heavy atom. The van der Waals surface area contributed by atoms with Crippen molar-refractivity contribution in [2.24, 2.45) is 11.7 Å². The lowest BCUT2D eigenvalue weighted by Gasteiger charge is -2.29. The van der Waals surface area contributed by atoms with Gasteiger partial charge in [0.2, 0.25) is 17.7 Å². The maximum Gasteiger partial charge on any atom is 0.243 e. The topological polar surface area (TPSA) is 118 Å². The average molecular weight is 377 g/mol. The molecule has 146 valence electrons. The van der Waals surface area contributed by atoms with E-state index in [-0.39, 0.29) is 24.5 Å². The van der Waals surface area contributed by atoms with E-state index in [0.717, 1.165) is 0 Å². The second-order valence-electron chi connectivity index (χ2n) is 6.87. The number of carbonyl (C=O) groups excluding carboxylic acids is 4. The van der Waals surface area contributed by atoms with E-state index in [9.17, 15) is 23.6 Å². The van der Waals surface area contributed by atoms with Crippen molar-refractivity contribution in [3.63, 3.8) is 0 Å². The third-order valence-electron chi connectivity index (χ3n) is 4.64. The second kappa shape index (κ2) is 9.25. The molecule has 2 rings (SSSR count). The highest BCUT2D eigenvalue weighted by Gasteiger charge is 2.33. The van der Waals surface area contributed by atoms with E-state index in [0.29, 0.717) is 24.8 Å². The van der Waals surface area contributed by atoms with Gasteiger partial charge in [-0.1, -0.05) is 12.1 Å².